The molecule has 0 aromatic heterocycles. The number of nitrogens with zero attached hydrogens (tertiary/aromatic N) is 1. The molecule has 22 heavy (non-hydrogen) atoms. The highest BCUT2D eigenvalue weighted by Crippen LogP contribution is 2.10. The Morgan fingerprint density at radius 3 is 2.32 bits per heavy atom. The van der Waals surface area contributed by atoms with Gasteiger partial charge in [0.25, 0.3) is 0 Å². The van der Waals surface area contributed by atoms with Gasteiger partial charge in [-0.25, -0.2) is 0 Å². The number of aliphatic imine (C=N–C) groups is 1. The smallest absolute Gasteiger partial charge is 0.191 e. The van der Waals surface area contributed by atoms with Crippen LogP contribution >= 0.6 is 0 Å². The van der Waals surface area contributed by atoms with Crippen LogP contribution in [-0.2, 0) is 0 Å². The molecule has 2 aromatic carbocycles. The van der Waals surface area contributed by atoms with E-state index in [1.54, 1.807) is 7.05 Å². The fourth-order valence-corrected chi connectivity index (χ4v) is 2.08. The topological polar surface area (TPSA) is 45.7 Å². The van der Waals surface area contributed by atoms with Crippen LogP contribution in [0, 0.1) is 0 Å². The third kappa shape index (κ3) is 5.13. The van der Waals surface area contributed by atoms with Crippen molar-refractivity contribution in [2.24, 2.45) is 4.99 Å². The van der Waals surface area contributed by atoms with E-state index in [1.165, 1.54) is 5.56 Å². The summed E-state index contributed by atoms with van der Waals surface area (Å²) in [6, 6.07) is 20.3. The van der Waals surface area contributed by atoms with Crippen molar-refractivity contribution in [2.75, 3.05) is 20.2 Å². The Hall–Kier alpha value is -2.49. The maximum Gasteiger partial charge on any atom is 0.191 e. The van der Waals surface area contributed by atoms with Crippen molar-refractivity contribution in [3.8, 4) is 5.75 Å². The molecule has 0 aliphatic heterocycles. The van der Waals surface area contributed by atoms with Crippen LogP contribution < -0.4 is 15.4 Å². The molecular weight excluding hydrogens is 274 g/mol. The van der Waals surface area contributed by atoms with Gasteiger partial charge < -0.3 is 15.4 Å². The first kappa shape index (κ1) is 15.9. The summed E-state index contributed by atoms with van der Waals surface area (Å²) in [7, 11) is 1.77. The van der Waals surface area contributed by atoms with Crippen molar-refractivity contribution in [1.82, 2.24) is 10.6 Å². The van der Waals surface area contributed by atoms with Gasteiger partial charge in [0.15, 0.2) is 5.96 Å². The minimum Gasteiger partial charge on any atom is -0.492 e. The van der Waals surface area contributed by atoms with E-state index in [2.05, 4.69) is 34.7 Å². The van der Waals surface area contributed by atoms with Crippen molar-refractivity contribution < 1.29 is 4.74 Å². The van der Waals surface area contributed by atoms with E-state index < -0.39 is 0 Å². The second-order valence-electron chi connectivity index (χ2n) is 4.94. The molecule has 0 unspecified atom stereocenters. The number of hydrogen-bond donors (Lipinski definition) is 2. The van der Waals surface area contributed by atoms with E-state index in [9.17, 15) is 0 Å². The molecule has 0 spiro atoms. The summed E-state index contributed by atoms with van der Waals surface area (Å²) in [6.45, 7) is 3.39. The Morgan fingerprint density at radius 2 is 1.68 bits per heavy atom. The standard InChI is InChI=1S/C18H23N3O/c1-15(16-9-5-3-6-10-16)21-18(19-2)20-13-14-22-17-11-7-4-8-12-17/h3-12,15H,13-14H2,1-2H3,(H2,19,20,21)/t15-/m1/s1. The van der Waals surface area contributed by atoms with Gasteiger partial charge >= 0.3 is 0 Å². The molecule has 0 fully saturated rings. The van der Waals surface area contributed by atoms with Gasteiger partial charge in [0.1, 0.15) is 12.4 Å². The Morgan fingerprint density at radius 1 is 1.05 bits per heavy atom. The quantitative estimate of drug-likeness (QED) is 0.489. The molecular formula is C18H23N3O. The molecule has 1 atom stereocenters. The van der Waals surface area contributed by atoms with Gasteiger partial charge in [-0.05, 0) is 24.6 Å². The minimum absolute atomic E-state index is 0.197. The molecule has 0 aliphatic carbocycles. The highest BCUT2D eigenvalue weighted by molar-refractivity contribution is 5.80. The van der Waals surface area contributed by atoms with Crippen LogP contribution in [-0.4, -0.2) is 26.2 Å². The lowest BCUT2D eigenvalue weighted by Crippen LogP contribution is -2.40. The zero-order valence-corrected chi connectivity index (χ0v) is 13.1. The molecule has 0 radical (unpaired) electrons. The number of ether oxygens (including phenoxy) is 1. The maximum absolute atomic E-state index is 5.65. The fourth-order valence-electron chi connectivity index (χ4n) is 2.08. The van der Waals surface area contributed by atoms with Gasteiger partial charge in [0.05, 0.1) is 12.6 Å². The van der Waals surface area contributed by atoms with Crippen molar-refractivity contribution in [1.29, 1.82) is 0 Å². The molecule has 2 N–H and O–H groups in total. The van der Waals surface area contributed by atoms with Crippen molar-refractivity contribution in [3.63, 3.8) is 0 Å². The summed E-state index contributed by atoms with van der Waals surface area (Å²) in [5.74, 6) is 1.65. The van der Waals surface area contributed by atoms with Crippen LogP contribution in [0.15, 0.2) is 65.7 Å². The Labute approximate surface area is 132 Å². The third-order valence-corrected chi connectivity index (χ3v) is 3.28. The predicted molar refractivity (Wildman–Crippen MR) is 91.3 cm³/mol. The van der Waals surface area contributed by atoms with Crippen LogP contribution in [0.5, 0.6) is 5.75 Å². The molecule has 0 saturated heterocycles. The number of para-hydroxylation sites is 1. The van der Waals surface area contributed by atoms with Gasteiger partial charge in [-0.1, -0.05) is 48.5 Å². The molecule has 2 aromatic rings. The summed E-state index contributed by atoms with van der Waals surface area (Å²) in [5, 5.41) is 6.62. The van der Waals surface area contributed by atoms with E-state index >= 15 is 0 Å². The van der Waals surface area contributed by atoms with Crippen molar-refractivity contribution in [3.05, 3.63) is 66.2 Å². The van der Waals surface area contributed by atoms with E-state index in [0.717, 1.165) is 11.7 Å². The first-order chi connectivity index (χ1) is 10.8. The molecule has 0 saturated carbocycles. The molecule has 4 heteroatoms. The van der Waals surface area contributed by atoms with E-state index in [0.29, 0.717) is 13.2 Å². The van der Waals surface area contributed by atoms with E-state index in [-0.39, 0.29) is 6.04 Å². The lowest BCUT2D eigenvalue weighted by atomic mass is 10.1. The summed E-state index contributed by atoms with van der Waals surface area (Å²) in [5.41, 5.74) is 1.23. The number of nitrogens with one attached hydrogen (secondary N) is 2. The van der Waals surface area contributed by atoms with Crippen LogP contribution in [0.4, 0.5) is 0 Å². The monoisotopic (exact) mass is 297 g/mol. The molecule has 0 aliphatic rings. The molecule has 2 rings (SSSR count). The number of hydrogen-bond acceptors (Lipinski definition) is 2. The van der Waals surface area contributed by atoms with Crippen molar-refractivity contribution in [2.45, 2.75) is 13.0 Å². The number of guanidine groups is 1. The SMILES string of the molecule is CN=C(NCCOc1ccccc1)N[C@H](C)c1ccccc1. The Balaban J connectivity index is 1.73. The highest BCUT2D eigenvalue weighted by Gasteiger charge is 2.06. The van der Waals surface area contributed by atoms with E-state index in [4.69, 9.17) is 4.74 Å². The summed E-state index contributed by atoms with van der Waals surface area (Å²) < 4.78 is 5.65. The normalized spacial score (nSPS) is 12.5. The average Bonchev–Trinajstić information content (AvgIpc) is 2.59. The Kier molecular flexibility index (Phi) is 6.30. The molecule has 0 bridgehead atoms. The molecule has 0 heterocycles. The van der Waals surface area contributed by atoms with E-state index in [1.807, 2.05) is 48.5 Å². The molecule has 4 nitrogen and oxygen atoms in total. The van der Waals surface area contributed by atoms with Crippen LogP contribution in [0.1, 0.15) is 18.5 Å². The second kappa shape index (κ2) is 8.72. The summed E-state index contributed by atoms with van der Waals surface area (Å²) in [6.07, 6.45) is 0. The number of benzene rings is 2. The van der Waals surface area contributed by atoms with Gasteiger partial charge in [-0.2, -0.15) is 0 Å². The van der Waals surface area contributed by atoms with Crippen molar-refractivity contribution >= 4 is 5.96 Å². The Bertz CT molecular complexity index is 569. The van der Waals surface area contributed by atoms with Crippen LogP contribution in [0.25, 0.3) is 0 Å². The minimum atomic E-state index is 0.197. The first-order valence-electron chi connectivity index (χ1n) is 7.49. The average molecular weight is 297 g/mol. The number of rotatable bonds is 6. The highest BCUT2D eigenvalue weighted by atomic mass is 16.5. The zero-order chi connectivity index (χ0) is 15.6. The maximum atomic E-state index is 5.65. The van der Waals surface area contributed by atoms with Gasteiger partial charge in [0.2, 0.25) is 0 Å². The van der Waals surface area contributed by atoms with Gasteiger partial charge in [0, 0.05) is 7.05 Å². The molecule has 116 valence electrons. The predicted octanol–water partition coefficient (Wildman–Crippen LogP) is 2.99. The first-order valence-corrected chi connectivity index (χ1v) is 7.49. The lowest BCUT2D eigenvalue weighted by molar-refractivity contribution is 0.321. The van der Waals surface area contributed by atoms with Gasteiger partial charge in [-0.3, -0.25) is 4.99 Å². The van der Waals surface area contributed by atoms with Gasteiger partial charge in [-0.15, -0.1) is 0 Å². The second-order valence-corrected chi connectivity index (χ2v) is 4.94. The summed E-state index contributed by atoms with van der Waals surface area (Å²) in [4.78, 5) is 4.24. The fraction of sp³-hybridized carbons (Fsp3) is 0.278. The zero-order valence-electron chi connectivity index (χ0n) is 13.1. The third-order valence-electron chi connectivity index (χ3n) is 3.28. The van der Waals surface area contributed by atoms with Crippen LogP contribution in [0.2, 0.25) is 0 Å². The lowest BCUT2D eigenvalue weighted by Gasteiger charge is -2.18. The van der Waals surface area contributed by atoms with Crippen LogP contribution in [0.3, 0.4) is 0 Å². The largest absolute Gasteiger partial charge is 0.492 e. The molecule has 0 amide bonds. The summed E-state index contributed by atoms with van der Waals surface area (Å²) >= 11 is 0.